The summed E-state index contributed by atoms with van der Waals surface area (Å²) in [5.41, 5.74) is 2.59. The first kappa shape index (κ1) is 13.1. The van der Waals surface area contributed by atoms with E-state index >= 15 is 0 Å². The number of nitrogens with zero attached hydrogens (tertiary/aromatic N) is 2. The molecule has 1 rings (SSSR count). The summed E-state index contributed by atoms with van der Waals surface area (Å²) in [7, 11) is 6.22. The minimum absolute atomic E-state index is 0.0442. The highest BCUT2D eigenvalue weighted by Gasteiger charge is 2.32. The number of hydrogen-bond donors (Lipinski definition) is 1. The van der Waals surface area contributed by atoms with Crippen LogP contribution in [0.25, 0.3) is 0 Å². The van der Waals surface area contributed by atoms with Crippen molar-refractivity contribution in [3.63, 3.8) is 0 Å². The summed E-state index contributed by atoms with van der Waals surface area (Å²) < 4.78 is 0. The van der Waals surface area contributed by atoms with Crippen molar-refractivity contribution in [3.8, 4) is 0 Å². The van der Waals surface area contributed by atoms with Gasteiger partial charge in [-0.25, -0.2) is 0 Å². The summed E-state index contributed by atoms with van der Waals surface area (Å²) in [5.74, 6) is 0. The van der Waals surface area contributed by atoms with Gasteiger partial charge in [0.25, 0.3) is 0 Å². The largest absolute Gasteiger partial charge is 0.311 e. The van der Waals surface area contributed by atoms with Crippen molar-refractivity contribution < 1.29 is 0 Å². The van der Waals surface area contributed by atoms with Gasteiger partial charge in [0, 0.05) is 17.9 Å². The van der Waals surface area contributed by atoms with Crippen LogP contribution in [0, 0.1) is 6.92 Å². The molecule has 3 nitrogen and oxygen atoms in total. The zero-order chi connectivity index (χ0) is 12.3. The first-order chi connectivity index (χ1) is 7.41. The predicted molar refractivity (Wildman–Crippen MR) is 68.5 cm³/mol. The standard InChI is InChI=1S/C13H23N3/c1-10-7-8-15-9-11(10)12(14-4)13(2,3)16(5)6/h7-9,12,14H,1-6H3. The lowest BCUT2D eigenvalue weighted by molar-refractivity contribution is 0.142. The third-order valence-corrected chi connectivity index (χ3v) is 3.54. The molecule has 90 valence electrons. The monoisotopic (exact) mass is 221 g/mol. The highest BCUT2D eigenvalue weighted by Crippen LogP contribution is 2.30. The van der Waals surface area contributed by atoms with Crippen molar-refractivity contribution in [1.82, 2.24) is 15.2 Å². The van der Waals surface area contributed by atoms with Crippen molar-refractivity contribution >= 4 is 0 Å². The van der Waals surface area contributed by atoms with Gasteiger partial charge in [0.1, 0.15) is 0 Å². The number of pyridine rings is 1. The Morgan fingerprint density at radius 3 is 2.44 bits per heavy atom. The number of aryl methyl sites for hydroxylation is 1. The van der Waals surface area contributed by atoms with Crippen LogP contribution < -0.4 is 5.32 Å². The molecule has 1 aromatic rings. The Morgan fingerprint density at radius 1 is 1.38 bits per heavy atom. The topological polar surface area (TPSA) is 28.2 Å². The smallest absolute Gasteiger partial charge is 0.0517 e. The van der Waals surface area contributed by atoms with E-state index in [9.17, 15) is 0 Å². The van der Waals surface area contributed by atoms with Crippen molar-refractivity contribution in [2.45, 2.75) is 32.4 Å². The Morgan fingerprint density at radius 2 is 2.00 bits per heavy atom. The van der Waals surface area contributed by atoms with Crippen LogP contribution in [0.3, 0.4) is 0 Å². The lowest BCUT2D eigenvalue weighted by Crippen LogP contribution is -2.48. The molecule has 0 saturated carbocycles. The number of aromatic nitrogens is 1. The van der Waals surface area contributed by atoms with E-state index in [1.54, 1.807) is 0 Å². The third kappa shape index (κ3) is 2.42. The summed E-state index contributed by atoms with van der Waals surface area (Å²) in [4.78, 5) is 6.47. The molecule has 0 aliphatic heterocycles. The van der Waals surface area contributed by atoms with E-state index in [2.05, 4.69) is 56.1 Å². The lowest BCUT2D eigenvalue weighted by Gasteiger charge is -2.40. The van der Waals surface area contributed by atoms with E-state index in [1.165, 1.54) is 11.1 Å². The molecule has 1 heterocycles. The van der Waals surface area contributed by atoms with Gasteiger partial charge in [-0.05, 0) is 59.1 Å². The maximum atomic E-state index is 4.23. The Hall–Kier alpha value is -0.930. The Bertz CT molecular complexity index is 345. The molecule has 3 heteroatoms. The fraction of sp³-hybridized carbons (Fsp3) is 0.615. The van der Waals surface area contributed by atoms with Gasteiger partial charge in [-0.3, -0.25) is 4.98 Å². The van der Waals surface area contributed by atoms with Crippen LogP contribution in [-0.2, 0) is 0 Å². The molecule has 16 heavy (non-hydrogen) atoms. The molecule has 1 aromatic heterocycles. The fourth-order valence-corrected chi connectivity index (χ4v) is 1.93. The second-order valence-corrected chi connectivity index (χ2v) is 5.00. The number of rotatable bonds is 4. The zero-order valence-electron chi connectivity index (χ0n) is 11.2. The van der Waals surface area contributed by atoms with Gasteiger partial charge in [-0.1, -0.05) is 0 Å². The van der Waals surface area contributed by atoms with Crippen molar-refractivity contribution in [2.75, 3.05) is 21.1 Å². The molecule has 0 bridgehead atoms. The fourth-order valence-electron chi connectivity index (χ4n) is 1.93. The first-order valence-electron chi connectivity index (χ1n) is 5.66. The van der Waals surface area contributed by atoms with Gasteiger partial charge < -0.3 is 10.2 Å². The van der Waals surface area contributed by atoms with E-state index in [-0.39, 0.29) is 11.6 Å². The predicted octanol–water partition coefficient (Wildman–Crippen LogP) is 1.99. The Balaban J connectivity index is 3.13. The average Bonchev–Trinajstić information content (AvgIpc) is 2.21. The van der Waals surface area contributed by atoms with Crippen molar-refractivity contribution in [3.05, 3.63) is 29.6 Å². The van der Waals surface area contributed by atoms with Crippen LogP contribution in [0.15, 0.2) is 18.5 Å². The number of nitrogens with one attached hydrogen (secondary N) is 1. The van der Waals surface area contributed by atoms with Crippen LogP contribution >= 0.6 is 0 Å². The quantitative estimate of drug-likeness (QED) is 0.843. The van der Waals surface area contributed by atoms with E-state index in [0.717, 1.165) is 0 Å². The molecule has 0 radical (unpaired) electrons. The van der Waals surface area contributed by atoms with Crippen LogP contribution in [0.2, 0.25) is 0 Å². The molecule has 0 spiro atoms. The van der Waals surface area contributed by atoms with Gasteiger partial charge >= 0.3 is 0 Å². The van der Waals surface area contributed by atoms with Gasteiger partial charge in [0.2, 0.25) is 0 Å². The van der Waals surface area contributed by atoms with Gasteiger partial charge in [0.15, 0.2) is 0 Å². The molecule has 0 amide bonds. The Labute approximate surface area is 98.9 Å². The maximum absolute atomic E-state index is 4.23. The third-order valence-electron chi connectivity index (χ3n) is 3.54. The van der Waals surface area contributed by atoms with Crippen molar-refractivity contribution in [1.29, 1.82) is 0 Å². The minimum Gasteiger partial charge on any atom is -0.311 e. The second kappa shape index (κ2) is 4.93. The molecular weight excluding hydrogens is 198 g/mol. The molecule has 0 aromatic carbocycles. The van der Waals surface area contributed by atoms with Crippen LogP contribution in [0.5, 0.6) is 0 Å². The highest BCUT2D eigenvalue weighted by atomic mass is 15.2. The van der Waals surface area contributed by atoms with Crippen LogP contribution in [0.4, 0.5) is 0 Å². The van der Waals surface area contributed by atoms with Crippen molar-refractivity contribution in [2.24, 2.45) is 0 Å². The summed E-state index contributed by atoms with van der Waals surface area (Å²) in [5, 5.41) is 3.40. The van der Waals surface area contributed by atoms with Crippen LogP contribution in [-0.4, -0.2) is 36.6 Å². The van der Waals surface area contributed by atoms with Crippen LogP contribution in [0.1, 0.15) is 31.0 Å². The number of likely N-dealkylation sites (N-methyl/N-ethyl adjacent to an activating group) is 2. The lowest BCUT2D eigenvalue weighted by atomic mass is 9.86. The van der Waals surface area contributed by atoms with E-state index in [0.29, 0.717) is 0 Å². The molecule has 1 atom stereocenters. The zero-order valence-corrected chi connectivity index (χ0v) is 11.2. The molecule has 0 saturated heterocycles. The average molecular weight is 221 g/mol. The van der Waals surface area contributed by atoms with Gasteiger partial charge in [0.05, 0.1) is 6.04 Å². The molecular formula is C13H23N3. The van der Waals surface area contributed by atoms with Gasteiger partial charge in [-0.15, -0.1) is 0 Å². The molecule has 1 unspecified atom stereocenters. The normalized spacial score (nSPS) is 14.2. The maximum Gasteiger partial charge on any atom is 0.0517 e. The highest BCUT2D eigenvalue weighted by molar-refractivity contribution is 5.27. The van der Waals surface area contributed by atoms with E-state index in [4.69, 9.17) is 0 Å². The molecule has 0 aliphatic rings. The summed E-state index contributed by atoms with van der Waals surface area (Å²) in [6, 6.07) is 2.34. The first-order valence-corrected chi connectivity index (χ1v) is 5.66. The van der Waals surface area contributed by atoms with Gasteiger partial charge in [-0.2, -0.15) is 0 Å². The molecule has 0 fully saturated rings. The van der Waals surface area contributed by atoms with E-state index < -0.39 is 0 Å². The summed E-state index contributed by atoms with van der Waals surface area (Å²) in [6.07, 6.45) is 3.80. The number of hydrogen-bond acceptors (Lipinski definition) is 3. The second-order valence-electron chi connectivity index (χ2n) is 5.00. The minimum atomic E-state index is 0.0442. The van der Waals surface area contributed by atoms with E-state index in [1.807, 2.05) is 19.4 Å². The molecule has 0 aliphatic carbocycles. The summed E-state index contributed by atoms with van der Waals surface area (Å²) >= 11 is 0. The summed E-state index contributed by atoms with van der Waals surface area (Å²) in [6.45, 7) is 6.61. The SMILES string of the molecule is CNC(c1cnccc1C)C(C)(C)N(C)C. The Kier molecular flexibility index (Phi) is 4.05. The molecule has 1 N–H and O–H groups in total.